The van der Waals surface area contributed by atoms with E-state index in [2.05, 4.69) is 5.32 Å². The molecule has 0 aliphatic carbocycles. The molecule has 0 saturated carbocycles. The van der Waals surface area contributed by atoms with Gasteiger partial charge in [-0.15, -0.1) is 0 Å². The number of halogens is 2. The van der Waals surface area contributed by atoms with E-state index >= 15 is 0 Å². The van der Waals surface area contributed by atoms with Gasteiger partial charge in [0.2, 0.25) is 11.8 Å². The Morgan fingerprint density at radius 2 is 2.14 bits per heavy atom. The minimum atomic E-state index is -0.393. The SMILES string of the molecule is CC(C)N1C(=O)CC[C@H]1C(=O)NCc1cccc(Cl)c1Cl. The lowest BCUT2D eigenvalue weighted by molar-refractivity contribution is -0.137. The third-order valence-electron chi connectivity index (χ3n) is 3.60. The van der Waals surface area contributed by atoms with Crippen molar-refractivity contribution in [1.29, 1.82) is 0 Å². The molecule has 1 aromatic carbocycles. The summed E-state index contributed by atoms with van der Waals surface area (Å²) < 4.78 is 0. The summed E-state index contributed by atoms with van der Waals surface area (Å²) in [6.07, 6.45) is 0.986. The van der Waals surface area contributed by atoms with E-state index in [-0.39, 0.29) is 17.9 Å². The molecule has 0 aromatic heterocycles. The Kier molecular flexibility index (Phi) is 5.12. The maximum atomic E-state index is 12.3. The Morgan fingerprint density at radius 3 is 2.81 bits per heavy atom. The molecule has 114 valence electrons. The van der Waals surface area contributed by atoms with Crippen LogP contribution in [0.1, 0.15) is 32.3 Å². The molecular formula is C15H18Cl2N2O2. The fraction of sp³-hybridized carbons (Fsp3) is 0.467. The van der Waals surface area contributed by atoms with Crippen LogP contribution in [-0.4, -0.2) is 28.8 Å². The van der Waals surface area contributed by atoms with Crippen LogP contribution in [0.4, 0.5) is 0 Å². The number of hydrogen-bond acceptors (Lipinski definition) is 2. The van der Waals surface area contributed by atoms with Crippen LogP contribution in [0.2, 0.25) is 10.0 Å². The number of nitrogens with zero attached hydrogens (tertiary/aromatic N) is 1. The van der Waals surface area contributed by atoms with Gasteiger partial charge < -0.3 is 10.2 Å². The number of hydrogen-bond donors (Lipinski definition) is 1. The second-order valence-corrected chi connectivity index (χ2v) is 6.17. The molecule has 1 heterocycles. The Hall–Kier alpha value is -1.26. The first-order chi connectivity index (χ1) is 9.91. The zero-order chi connectivity index (χ0) is 15.6. The standard InChI is InChI=1S/C15H18Cl2N2O2/c1-9(2)19-12(6-7-13(19)20)15(21)18-8-10-4-3-5-11(16)14(10)17/h3-5,9,12H,6-8H2,1-2H3,(H,18,21)/t12-/m0/s1. The van der Waals surface area contributed by atoms with Crippen molar-refractivity contribution in [2.75, 3.05) is 0 Å². The van der Waals surface area contributed by atoms with Gasteiger partial charge >= 0.3 is 0 Å². The van der Waals surface area contributed by atoms with E-state index in [1.54, 1.807) is 17.0 Å². The largest absolute Gasteiger partial charge is 0.350 e. The van der Waals surface area contributed by atoms with E-state index in [9.17, 15) is 9.59 Å². The molecule has 1 aliphatic rings. The zero-order valence-electron chi connectivity index (χ0n) is 12.0. The fourth-order valence-corrected chi connectivity index (χ4v) is 2.98. The maximum absolute atomic E-state index is 12.3. The predicted octanol–water partition coefficient (Wildman–Crippen LogP) is 3.01. The average Bonchev–Trinajstić information content (AvgIpc) is 2.82. The molecular weight excluding hydrogens is 311 g/mol. The van der Waals surface area contributed by atoms with Crippen LogP contribution >= 0.6 is 23.2 Å². The van der Waals surface area contributed by atoms with E-state index in [4.69, 9.17) is 23.2 Å². The van der Waals surface area contributed by atoms with Gasteiger partial charge in [-0.1, -0.05) is 35.3 Å². The number of amides is 2. The van der Waals surface area contributed by atoms with Crippen molar-refractivity contribution < 1.29 is 9.59 Å². The molecule has 4 nitrogen and oxygen atoms in total. The van der Waals surface area contributed by atoms with E-state index < -0.39 is 6.04 Å². The maximum Gasteiger partial charge on any atom is 0.243 e. The highest BCUT2D eigenvalue weighted by atomic mass is 35.5. The molecule has 6 heteroatoms. The van der Waals surface area contributed by atoms with Gasteiger partial charge in [-0.3, -0.25) is 9.59 Å². The highest BCUT2D eigenvalue weighted by Crippen LogP contribution is 2.26. The van der Waals surface area contributed by atoms with E-state index in [0.717, 1.165) is 5.56 Å². The smallest absolute Gasteiger partial charge is 0.243 e. The summed E-state index contributed by atoms with van der Waals surface area (Å²) in [5, 5.41) is 3.75. The molecule has 0 unspecified atom stereocenters. The Bertz CT molecular complexity index is 561. The van der Waals surface area contributed by atoms with Gasteiger partial charge in [-0.05, 0) is 31.9 Å². The van der Waals surface area contributed by atoms with Crippen molar-refractivity contribution in [3.05, 3.63) is 33.8 Å². The second kappa shape index (κ2) is 6.67. The molecule has 1 aromatic rings. The molecule has 0 bridgehead atoms. The lowest BCUT2D eigenvalue weighted by Crippen LogP contribution is -2.47. The quantitative estimate of drug-likeness (QED) is 0.923. The van der Waals surface area contributed by atoms with Gasteiger partial charge in [0.1, 0.15) is 6.04 Å². The monoisotopic (exact) mass is 328 g/mol. The highest BCUT2D eigenvalue weighted by Gasteiger charge is 2.37. The van der Waals surface area contributed by atoms with E-state index in [1.807, 2.05) is 19.9 Å². The Balaban J connectivity index is 2.02. The summed E-state index contributed by atoms with van der Waals surface area (Å²) in [7, 11) is 0. The van der Waals surface area contributed by atoms with Crippen molar-refractivity contribution in [2.45, 2.75) is 45.3 Å². The normalized spacial score (nSPS) is 18.4. The summed E-state index contributed by atoms with van der Waals surface area (Å²) in [5.41, 5.74) is 0.762. The van der Waals surface area contributed by atoms with Crippen LogP contribution in [0, 0.1) is 0 Å². The minimum absolute atomic E-state index is 0.0190. The predicted molar refractivity (Wildman–Crippen MR) is 83.3 cm³/mol. The van der Waals surface area contributed by atoms with Gasteiger partial charge in [-0.2, -0.15) is 0 Å². The molecule has 1 saturated heterocycles. The first kappa shape index (κ1) is 16.1. The van der Waals surface area contributed by atoms with Gasteiger partial charge in [-0.25, -0.2) is 0 Å². The highest BCUT2D eigenvalue weighted by molar-refractivity contribution is 6.42. The van der Waals surface area contributed by atoms with Crippen LogP contribution in [0.5, 0.6) is 0 Å². The van der Waals surface area contributed by atoms with Crippen LogP contribution in [-0.2, 0) is 16.1 Å². The number of nitrogens with one attached hydrogen (secondary N) is 1. The van der Waals surface area contributed by atoms with Crippen molar-refractivity contribution in [3.8, 4) is 0 Å². The van der Waals surface area contributed by atoms with Crippen molar-refractivity contribution in [3.63, 3.8) is 0 Å². The molecule has 2 amide bonds. The third-order valence-corrected chi connectivity index (χ3v) is 4.46. The Labute approximate surface area is 134 Å². The van der Waals surface area contributed by atoms with Gasteiger partial charge in [0, 0.05) is 19.0 Å². The summed E-state index contributed by atoms with van der Waals surface area (Å²) in [6.45, 7) is 4.13. The third kappa shape index (κ3) is 3.50. The van der Waals surface area contributed by atoms with Crippen LogP contribution in [0.15, 0.2) is 18.2 Å². The van der Waals surface area contributed by atoms with Crippen molar-refractivity contribution in [2.24, 2.45) is 0 Å². The minimum Gasteiger partial charge on any atom is -0.350 e. The molecule has 21 heavy (non-hydrogen) atoms. The average molecular weight is 329 g/mol. The molecule has 1 fully saturated rings. The van der Waals surface area contributed by atoms with Crippen molar-refractivity contribution >= 4 is 35.0 Å². The van der Waals surface area contributed by atoms with Crippen LogP contribution in [0.3, 0.4) is 0 Å². The van der Waals surface area contributed by atoms with E-state index in [0.29, 0.717) is 29.4 Å². The molecule has 1 aliphatic heterocycles. The summed E-state index contributed by atoms with van der Waals surface area (Å²) in [5.74, 6) is -0.114. The van der Waals surface area contributed by atoms with Crippen LogP contribution in [0.25, 0.3) is 0 Å². The fourth-order valence-electron chi connectivity index (χ4n) is 2.59. The number of carbonyl (C=O) groups is 2. The summed E-state index contributed by atoms with van der Waals surface area (Å²) in [4.78, 5) is 25.8. The molecule has 1 N–H and O–H groups in total. The number of benzene rings is 1. The number of likely N-dealkylation sites (tertiary alicyclic amines) is 1. The molecule has 0 spiro atoms. The van der Waals surface area contributed by atoms with Gasteiger partial charge in [0.05, 0.1) is 10.0 Å². The summed E-state index contributed by atoms with van der Waals surface area (Å²) in [6, 6.07) is 4.93. The number of rotatable bonds is 4. The lowest BCUT2D eigenvalue weighted by Gasteiger charge is -2.27. The molecule has 2 rings (SSSR count). The molecule has 0 radical (unpaired) electrons. The van der Waals surface area contributed by atoms with Crippen LogP contribution < -0.4 is 5.32 Å². The molecule has 1 atom stereocenters. The van der Waals surface area contributed by atoms with E-state index in [1.165, 1.54) is 0 Å². The van der Waals surface area contributed by atoms with Crippen molar-refractivity contribution in [1.82, 2.24) is 10.2 Å². The van der Waals surface area contributed by atoms with Gasteiger partial charge in [0.25, 0.3) is 0 Å². The topological polar surface area (TPSA) is 49.4 Å². The zero-order valence-corrected chi connectivity index (χ0v) is 13.5. The first-order valence-corrected chi connectivity index (χ1v) is 7.69. The second-order valence-electron chi connectivity index (χ2n) is 5.38. The first-order valence-electron chi connectivity index (χ1n) is 6.93. The number of carbonyl (C=O) groups excluding carboxylic acids is 2. The van der Waals surface area contributed by atoms with Gasteiger partial charge in [0.15, 0.2) is 0 Å². The summed E-state index contributed by atoms with van der Waals surface area (Å²) >= 11 is 12.0. The Morgan fingerprint density at radius 1 is 1.43 bits per heavy atom. The lowest BCUT2D eigenvalue weighted by atomic mass is 10.1.